The third-order valence-electron chi connectivity index (χ3n) is 3.81. The van der Waals surface area contributed by atoms with Crippen LogP contribution in [0.2, 0.25) is 0 Å². The van der Waals surface area contributed by atoms with Gasteiger partial charge in [0, 0.05) is 25.1 Å². The average molecular weight is 339 g/mol. The van der Waals surface area contributed by atoms with Crippen LogP contribution in [0.1, 0.15) is 23.0 Å². The fourth-order valence-corrected chi connectivity index (χ4v) is 2.53. The number of anilines is 1. The lowest BCUT2D eigenvalue weighted by atomic mass is 10.2. The predicted molar refractivity (Wildman–Crippen MR) is 94.1 cm³/mol. The van der Waals surface area contributed by atoms with Crippen molar-refractivity contribution in [3.8, 4) is 0 Å². The molecule has 2 aromatic heterocycles. The highest BCUT2D eigenvalue weighted by atomic mass is 16.2. The zero-order chi connectivity index (χ0) is 17.8. The molecule has 2 amide bonds. The van der Waals surface area contributed by atoms with Crippen LogP contribution in [-0.4, -0.2) is 30.3 Å². The number of hydrogen-bond acceptors (Lipinski definition) is 4. The highest BCUT2D eigenvalue weighted by Crippen LogP contribution is 2.12. The Hall–Kier alpha value is -3.16. The topological polar surface area (TPSA) is 89.7 Å². The van der Waals surface area contributed by atoms with Crippen LogP contribution >= 0.6 is 0 Å². The molecule has 3 rings (SSSR count). The zero-order valence-corrected chi connectivity index (χ0v) is 14.5. The maximum atomic E-state index is 12.1. The van der Waals surface area contributed by atoms with E-state index in [-0.39, 0.29) is 6.03 Å². The molecule has 0 fully saturated rings. The molecule has 0 bridgehead atoms. The molecule has 0 spiro atoms. The summed E-state index contributed by atoms with van der Waals surface area (Å²) in [6.45, 7) is 4.77. The third kappa shape index (κ3) is 4.23. The summed E-state index contributed by atoms with van der Waals surface area (Å²) in [4.78, 5) is 20.5. The van der Waals surface area contributed by atoms with Gasteiger partial charge in [0.25, 0.3) is 0 Å². The van der Waals surface area contributed by atoms with Crippen LogP contribution in [-0.2, 0) is 20.1 Å². The second kappa shape index (κ2) is 7.16. The van der Waals surface area contributed by atoms with Crippen LogP contribution in [0.4, 0.5) is 10.5 Å². The summed E-state index contributed by atoms with van der Waals surface area (Å²) >= 11 is 0. The van der Waals surface area contributed by atoms with Gasteiger partial charge in [-0.3, -0.25) is 0 Å². The Balaban J connectivity index is 1.60. The Morgan fingerprint density at radius 3 is 2.80 bits per heavy atom. The Kier molecular flexibility index (Phi) is 4.78. The van der Waals surface area contributed by atoms with Crippen molar-refractivity contribution in [2.45, 2.75) is 26.9 Å². The van der Waals surface area contributed by atoms with Gasteiger partial charge >= 0.3 is 6.03 Å². The van der Waals surface area contributed by atoms with Gasteiger partial charge in [-0.1, -0.05) is 12.1 Å². The number of amides is 2. The number of hydrogen-bond donors (Lipinski definition) is 2. The Morgan fingerprint density at radius 2 is 2.12 bits per heavy atom. The molecule has 25 heavy (non-hydrogen) atoms. The number of nitrogens with zero attached hydrogens (tertiary/aromatic N) is 5. The van der Waals surface area contributed by atoms with E-state index in [2.05, 4.69) is 25.7 Å². The minimum atomic E-state index is -0.270. The maximum absolute atomic E-state index is 12.1. The number of rotatable bonds is 5. The second-order valence-electron chi connectivity index (χ2n) is 5.83. The molecule has 0 atom stereocenters. The number of carbonyl (C=O) groups is 1. The van der Waals surface area contributed by atoms with Crippen molar-refractivity contribution in [2.24, 2.45) is 7.05 Å². The van der Waals surface area contributed by atoms with Gasteiger partial charge in [-0.15, -0.1) is 0 Å². The van der Waals surface area contributed by atoms with E-state index in [1.165, 1.54) is 0 Å². The lowest BCUT2D eigenvalue weighted by Crippen LogP contribution is -2.29. The summed E-state index contributed by atoms with van der Waals surface area (Å²) in [7, 11) is 1.89. The van der Waals surface area contributed by atoms with Crippen molar-refractivity contribution in [3.63, 3.8) is 0 Å². The lowest BCUT2D eigenvalue weighted by molar-refractivity contribution is 0.251. The quantitative estimate of drug-likeness (QED) is 0.744. The molecule has 3 aromatic rings. The van der Waals surface area contributed by atoms with E-state index < -0.39 is 0 Å². The normalized spacial score (nSPS) is 10.7. The average Bonchev–Trinajstić information content (AvgIpc) is 3.11. The summed E-state index contributed by atoms with van der Waals surface area (Å²) in [6.07, 6.45) is 3.54. The maximum Gasteiger partial charge on any atom is 0.319 e. The predicted octanol–water partition coefficient (Wildman–Crippen LogP) is 2.00. The van der Waals surface area contributed by atoms with Crippen LogP contribution in [0.15, 0.2) is 36.7 Å². The van der Waals surface area contributed by atoms with Gasteiger partial charge < -0.3 is 15.2 Å². The molecule has 8 heteroatoms. The van der Waals surface area contributed by atoms with E-state index in [4.69, 9.17) is 0 Å². The van der Waals surface area contributed by atoms with Gasteiger partial charge in [-0.25, -0.2) is 19.4 Å². The molecule has 1 aromatic carbocycles. The number of urea groups is 1. The Bertz CT molecular complexity index is 881. The minimum Gasteiger partial charge on any atom is -0.337 e. The molecule has 2 heterocycles. The van der Waals surface area contributed by atoms with Gasteiger partial charge in [0.2, 0.25) is 0 Å². The minimum absolute atomic E-state index is 0.270. The van der Waals surface area contributed by atoms with Gasteiger partial charge in [0.15, 0.2) is 0 Å². The van der Waals surface area contributed by atoms with Crippen molar-refractivity contribution < 1.29 is 4.79 Å². The first-order chi connectivity index (χ1) is 12.0. The molecule has 0 aliphatic heterocycles. The molecule has 0 saturated heterocycles. The number of nitrogens with one attached hydrogen (secondary N) is 2. The molecule has 0 aliphatic rings. The van der Waals surface area contributed by atoms with Crippen LogP contribution in [0, 0.1) is 13.8 Å². The highest BCUT2D eigenvalue weighted by Gasteiger charge is 2.07. The van der Waals surface area contributed by atoms with E-state index >= 15 is 0 Å². The van der Waals surface area contributed by atoms with Crippen molar-refractivity contribution in [1.29, 1.82) is 0 Å². The third-order valence-corrected chi connectivity index (χ3v) is 3.81. The van der Waals surface area contributed by atoms with E-state index in [9.17, 15) is 4.79 Å². The first kappa shape index (κ1) is 16.7. The van der Waals surface area contributed by atoms with Gasteiger partial charge in [-0.05, 0) is 31.5 Å². The zero-order valence-electron chi connectivity index (χ0n) is 14.5. The molecule has 0 unspecified atom stereocenters. The van der Waals surface area contributed by atoms with Crippen LogP contribution in [0.5, 0.6) is 0 Å². The SMILES string of the molecule is Cc1nc(C)n(Cc2cccc(NC(=O)NCc3nccn3C)c2)n1. The van der Waals surface area contributed by atoms with Crippen LogP contribution in [0.25, 0.3) is 0 Å². The van der Waals surface area contributed by atoms with Crippen molar-refractivity contribution >= 4 is 11.7 Å². The summed E-state index contributed by atoms with van der Waals surface area (Å²) < 4.78 is 3.71. The molecule has 0 saturated carbocycles. The Morgan fingerprint density at radius 1 is 1.28 bits per heavy atom. The number of benzene rings is 1. The first-order valence-corrected chi connectivity index (χ1v) is 7.99. The molecular weight excluding hydrogens is 318 g/mol. The van der Waals surface area contributed by atoms with E-state index in [1.807, 2.05) is 60.6 Å². The van der Waals surface area contributed by atoms with Crippen LogP contribution in [0.3, 0.4) is 0 Å². The Labute approximate surface area is 145 Å². The number of aromatic nitrogens is 5. The molecule has 130 valence electrons. The largest absolute Gasteiger partial charge is 0.337 e. The smallest absolute Gasteiger partial charge is 0.319 e. The first-order valence-electron chi connectivity index (χ1n) is 7.99. The summed E-state index contributed by atoms with van der Waals surface area (Å²) in [6, 6.07) is 7.41. The number of imidazole rings is 1. The van der Waals surface area contributed by atoms with E-state index in [1.54, 1.807) is 6.20 Å². The fourth-order valence-electron chi connectivity index (χ4n) is 2.53. The van der Waals surface area contributed by atoms with Crippen molar-refractivity contribution in [3.05, 3.63) is 59.7 Å². The second-order valence-corrected chi connectivity index (χ2v) is 5.83. The molecular formula is C17H21N7O. The van der Waals surface area contributed by atoms with Gasteiger partial charge in [0.05, 0.1) is 13.1 Å². The lowest BCUT2D eigenvalue weighted by Gasteiger charge is -2.09. The van der Waals surface area contributed by atoms with Crippen molar-refractivity contribution in [1.82, 2.24) is 29.6 Å². The highest BCUT2D eigenvalue weighted by molar-refractivity contribution is 5.89. The molecule has 0 aliphatic carbocycles. The van der Waals surface area contributed by atoms with Crippen LogP contribution < -0.4 is 10.6 Å². The van der Waals surface area contributed by atoms with E-state index in [0.29, 0.717) is 13.1 Å². The van der Waals surface area contributed by atoms with Gasteiger partial charge in [-0.2, -0.15) is 5.10 Å². The monoisotopic (exact) mass is 339 g/mol. The van der Waals surface area contributed by atoms with Gasteiger partial charge in [0.1, 0.15) is 17.5 Å². The summed E-state index contributed by atoms with van der Waals surface area (Å²) in [5, 5.41) is 9.99. The standard InChI is InChI=1S/C17H21N7O/c1-12-20-13(2)24(22-12)11-14-5-4-6-15(9-14)21-17(25)19-10-16-18-7-8-23(16)3/h4-9H,10-11H2,1-3H3,(H2,19,21,25). The fraction of sp³-hybridized carbons (Fsp3) is 0.294. The summed E-state index contributed by atoms with van der Waals surface area (Å²) in [5.41, 5.74) is 1.76. The molecule has 2 N–H and O–H groups in total. The summed E-state index contributed by atoms with van der Waals surface area (Å²) in [5.74, 6) is 2.41. The number of carbonyl (C=O) groups excluding carboxylic acids is 1. The molecule has 0 radical (unpaired) electrons. The molecule has 8 nitrogen and oxygen atoms in total. The van der Waals surface area contributed by atoms with Crippen molar-refractivity contribution in [2.75, 3.05) is 5.32 Å². The number of aryl methyl sites for hydroxylation is 3. The van der Waals surface area contributed by atoms with E-state index in [0.717, 1.165) is 28.7 Å².